The van der Waals surface area contributed by atoms with Gasteiger partial charge in [-0.25, -0.2) is 4.79 Å². The lowest BCUT2D eigenvalue weighted by molar-refractivity contribution is -0.137. The summed E-state index contributed by atoms with van der Waals surface area (Å²) in [5.41, 5.74) is 0.780. The number of hydrogen-bond donors (Lipinski definition) is 0. The Hall–Kier alpha value is -2.73. The largest absolute Gasteiger partial charge is 0.461 e. The van der Waals surface area contributed by atoms with E-state index in [-0.39, 0.29) is 25.0 Å². The molecule has 0 unspecified atom stereocenters. The lowest BCUT2D eigenvalue weighted by Gasteiger charge is -2.13. The molecule has 0 atom stereocenters. The Balaban J connectivity index is 1.53. The number of thiophene rings is 1. The van der Waals surface area contributed by atoms with E-state index in [0.29, 0.717) is 11.1 Å². The number of fused-ring (bicyclic) bond motifs is 1. The summed E-state index contributed by atoms with van der Waals surface area (Å²) in [7, 11) is 0. The van der Waals surface area contributed by atoms with E-state index in [2.05, 4.69) is 0 Å². The average Bonchev–Trinajstić information content (AvgIpc) is 3.16. The number of rotatable bonds is 5. The van der Waals surface area contributed by atoms with E-state index in [1.807, 2.05) is 17.5 Å². The van der Waals surface area contributed by atoms with Gasteiger partial charge in [0.1, 0.15) is 6.61 Å². The molecule has 0 saturated carbocycles. The maximum atomic E-state index is 12.1. The van der Waals surface area contributed by atoms with Gasteiger partial charge in [-0.15, -0.1) is 11.3 Å². The third-order valence-corrected chi connectivity index (χ3v) is 4.20. The molecule has 2 heterocycles. The normalized spacial score (nSPS) is 13.7. The maximum Gasteiger partial charge on any atom is 0.330 e. The number of benzene rings is 1. The van der Waals surface area contributed by atoms with Crippen LogP contribution in [0.3, 0.4) is 0 Å². The molecule has 0 radical (unpaired) electrons. The molecule has 0 aliphatic carbocycles. The van der Waals surface area contributed by atoms with Crippen molar-refractivity contribution in [3.8, 4) is 0 Å². The van der Waals surface area contributed by atoms with Gasteiger partial charge in [-0.05, 0) is 29.7 Å². The minimum Gasteiger partial charge on any atom is -0.461 e. The van der Waals surface area contributed by atoms with Gasteiger partial charge in [0.25, 0.3) is 11.8 Å². The van der Waals surface area contributed by atoms with Crippen molar-refractivity contribution in [2.75, 3.05) is 13.2 Å². The van der Waals surface area contributed by atoms with Gasteiger partial charge in [0.15, 0.2) is 0 Å². The van der Waals surface area contributed by atoms with Crippen LogP contribution in [0.4, 0.5) is 0 Å². The summed E-state index contributed by atoms with van der Waals surface area (Å²) in [6, 6.07) is 10.4. The molecule has 5 nitrogen and oxygen atoms in total. The van der Waals surface area contributed by atoms with Crippen LogP contribution >= 0.6 is 11.3 Å². The van der Waals surface area contributed by atoms with Crippen LogP contribution in [0.1, 0.15) is 25.6 Å². The number of carbonyl (C=O) groups is 3. The van der Waals surface area contributed by atoms with Crippen molar-refractivity contribution >= 4 is 35.2 Å². The summed E-state index contributed by atoms with van der Waals surface area (Å²) < 4.78 is 5.03. The SMILES string of the molecule is O=C(/C=C/c1cccs1)OCCN1C(=O)c2ccccc2C1=O. The van der Waals surface area contributed by atoms with Crippen molar-refractivity contribution in [2.45, 2.75) is 0 Å². The molecule has 2 aromatic rings. The van der Waals surface area contributed by atoms with E-state index in [1.54, 1.807) is 30.3 Å². The van der Waals surface area contributed by atoms with Crippen molar-refractivity contribution in [2.24, 2.45) is 0 Å². The summed E-state index contributed by atoms with van der Waals surface area (Å²) in [4.78, 5) is 37.9. The van der Waals surface area contributed by atoms with Crippen LogP contribution < -0.4 is 0 Å². The minimum atomic E-state index is -0.505. The smallest absolute Gasteiger partial charge is 0.330 e. The van der Waals surface area contributed by atoms with Gasteiger partial charge in [0.05, 0.1) is 17.7 Å². The van der Waals surface area contributed by atoms with Gasteiger partial charge in [-0.1, -0.05) is 18.2 Å². The number of carbonyl (C=O) groups excluding carboxylic acids is 3. The highest BCUT2D eigenvalue weighted by Crippen LogP contribution is 2.21. The van der Waals surface area contributed by atoms with E-state index in [1.165, 1.54) is 17.4 Å². The predicted molar refractivity (Wildman–Crippen MR) is 86.1 cm³/mol. The van der Waals surface area contributed by atoms with Gasteiger partial charge in [0, 0.05) is 11.0 Å². The van der Waals surface area contributed by atoms with E-state index < -0.39 is 5.97 Å². The minimum absolute atomic E-state index is 0.0287. The van der Waals surface area contributed by atoms with Gasteiger partial charge < -0.3 is 4.74 Å². The monoisotopic (exact) mass is 327 g/mol. The molecule has 6 heteroatoms. The summed E-state index contributed by atoms with van der Waals surface area (Å²) in [6.45, 7) is 0.0179. The van der Waals surface area contributed by atoms with Crippen molar-refractivity contribution in [1.29, 1.82) is 0 Å². The molecule has 0 saturated heterocycles. The summed E-state index contributed by atoms with van der Waals surface area (Å²) in [6.07, 6.45) is 2.99. The fraction of sp³-hybridized carbons (Fsp3) is 0.118. The highest BCUT2D eigenvalue weighted by Gasteiger charge is 2.34. The molecule has 2 amide bonds. The van der Waals surface area contributed by atoms with Gasteiger partial charge in [-0.3, -0.25) is 14.5 Å². The van der Waals surface area contributed by atoms with Crippen LogP contribution in [-0.2, 0) is 9.53 Å². The third kappa shape index (κ3) is 3.22. The Morgan fingerprint density at radius 2 is 1.78 bits per heavy atom. The van der Waals surface area contributed by atoms with Crippen molar-refractivity contribution in [1.82, 2.24) is 4.90 Å². The lowest BCUT2D eigenvalue weighted by Crippen LogP contribution is -2.33. The summed E-state index contributed by atoms with van der Waals surface area (Å²) in [5, 5.41) is 1.91. The molecule has 1 aromatic carbocycles. The molecule has 23 heavy (non-hydrogen) atoms. The topological polar surface area (TPSA) is 63.7 Å². The van der Waals surface area contributed by atoms with Crippen LogP contribution in [0.15, 0.2) is 47.9 Å². The molecule has 0 spiro atoms. The van der Waals surface area contributed by atoms with E-state index in [9.17, 15) is 14.4 Å². The van der Waals surface area contributed by atoms with Gasteiger partial charge in [0.2, 0.25) is 0 Å². The number of amides is 2. The Morgan fingerprint density at radius 3 is 2.39 bits per heavy atom. The van der Waals surface area contributed by atoms with E-state index in [4.69, 9.17) is 4.74 Å². The van der Waals surface area contributed by atoms with E-state index >= 15 is 0 Å². The van der Waals surface area contributed by atoms with Crippen molar-refractivity contribution in [3.05, 3.63) is 63.9 Å². The maximum absolute atomic E-state index is 12.1. The molecule has 0 N–H and O–H groups in total. The van der Waals surface area contributed by atoms with Crippen LogP contribution in [-0.4, -0.2) is 35.8 Å². The number of esters is 1. The van der Waals surface area contributed by atoms with Crippen LogP contribution in [0.25, 0.3) is 6.08 Å². The Labute approximate surface area is 136 Å². The number of nitrogens with zero attached hydrogens (tertiary/aromatic N) is 1. The standard InChI is InChI=1S/C17H13NO4S/c19-15(8-7-12-4-3-11-23-12)22-10-9-18-16(20)13-5-1-2-6-14(13)17(18)21/h1-8,11H,9-10H2/b8-7+. The van der Waals surface area contributed by atoms with E-state index in [0.717, 1.165) is 9.78 Å². The average molecular weight is 327 g/mol. The zero-order valence-corrected chi connectivity index (χ0v) is 12.9. The number of ether oxygens (including phenoxy) is 1. The zero-order chi connectivity index (χ0) is 16.2. The summed E-state index contributed by atoms with van der Waals surface area (Å²) in [5.74, 6) is -1.21. The highest BCUT2D eigenvalue weighted by molar-refractivity contribution is 7.10. The molecule has 0 bridgehead atoms. The second kappa shape index (κ2) is 6.58. The van der Waals surface area contributed by atoms with Crippen LogP contribution in [0, 0.1) is 0 Å². The summed E-state index contributed by atoms with van der Waals surface area (Å²) >= 11 is 1.51. The quantitative estimate of drug-likeness (QED) is 0.481. The Bertz CT molecular complexity index is 745. The molecule has 1 aliphatic heterocycles. The molecule has 3 rings (SSSR count). The Morgan fingerprint density at radius 1 is 1.09 bits per heavy atom. The van der Waals surface area contributed by atoms with Crippen molar-refractivity contribution < 1.29 is 19.1 Å². The first-order valence-corrected chi connectivity index (χ1v) is 7.88. The fourth-order valence-electron chi connectivity index (χ4n) is 2.26. The second-order valence-corrected chi connectivity index (χ2v) is 5.80. The van der Waals surface area contributed by atoms with Gasteiger partial charge in [-0.2, -0.15) is 0 Å². The zero-order valence-electron chi connectivity index (χ0n) is 12.1. The molecule has 0 fully saturated rings. The van der Waals surface area contributed by atoms with Crippen molar-refractivity contribution in [3.63, 3.8) is 0 Å². The second-order valence-electron chi connectivity index (χ2n) is 4.82. The molecular weight excluding hydrogens is 314 g/mol. The number of imide groups is 1. The Kier molecular flexibility index (Phi) is 4.34. The van der Waals surface area contributed by atoms with Crippen LogP contribution in [0.5, 0.6) is 0 Å². The predicted octanol–water partition coefficient (Wildman–Crippen LogP) is 2.60. The lowest BCUT2D eigenvalue weighted by atomic mass is 10.1. The highest BCUT2D eigenvalue weighted by atomic mass is 32.1. The molecule has 1 aliphatic rings. The van der Waals surface area contributed by atoms with Crippen LogP contribution in [0.2, 0.25) is 0 Å². The van der Waals surface area contributed by atoms with Gasteiger partial charge >= 0.3 is 5.97 Å². The number of hydrogen-bond acceptors (Lipinski definition) is 5. The molecule has 116 valence electrons. The first-order valence-electron chi connectivity index (χ1n) is 7.00. The first-order chi connectivity index (χ1) is 11.2. The molecule has 1 aromatic heterocycles. The first kappa shape index (κ1) is 15.2. The third-order valence-electron chi connectivity index (χ3n) is 3.36. The molecular formula is C17H13NO4S. The fourth-order valence-corrected chi connectivity index (χ4v) is 2.88.